The predicted octanol–water partition coefficient (Wildman–Crippen LogP) is 4.86. The number of aromatic nitrogens is 1. The van der Waals surface area contributed by atoms with Crippen LogP contribution < -0.4 is 10.6 Å². The average Bonchev–Trinajstić information content (AvgIpc) is 3.57. The lowest BCUT2D eigenvalue weighted by Crippen LogP contribution is -2.51. The molecule has 2 aromatic rings. The minimum Gasteiger partial charge on any atom is -0.381 e. The SMILES string of the molecule is CC(C)Nc1cc(C=O)cnc1C(=N)c1cc(C2CC2)ccc1F.CNC1(C)CSC1. The summed E-state index contributed by atoms with van der Waals surface area (Å²) in [5.74, 6) is 2.62. The third-order valence-corrected chi connectivity index (χ3v) is 7.16. The smallest absolute Gasteiger partial charge is 0.151 e. The van der Waals surface area contributed by atoms with Crippen molar-refractivity contribution < 1.29 is 9.18 Å². The van der Waals surface area contributed by atoms with Crippen molar-refractivity contribution in [3.05, 3.63) is 58.7 Å². The summed E-state index contributed by atoms with van der Waals surface area (Å²) in [6.45, 7) is 6.16. The van der Waals surface area contributed by atoms with Gasteiger partial charge < -0.3 is 10.6 Å². The van der Waals surface area contributed by atoms with Gasteiger partial charge in [0.05, 0.1) is 11.4 Å². The van der Waals surface area contributed by atoms with E-state index in [9.17, 15) is 9.18 Å². The van der Waals surface area contributed by atoms with Crippen molar-refractivity contribution in [3.8, 4) is 0 Å². The van der Waals surface area contributed by atoms with Crippen LogP contribution in [0.25, 0.3) is 0 Å². The lowest BCUT2D eigenvalue weighted by atomic mass is 10.00. The molecule has 1 saturated carbocycles. The van der Waals surface area contributed by atoms with Crippen LogP contribution in [-0.4, -0.2) is 47.1 Å². The molecule has 2 heterocycles. The number of pyridine rings is 1. The van der Waals surface area contributed by atoms with E-state index in [1.807, 2.05) is 32.7 Å². The zero-order chi connectivity index (χ0) is 22.6. The van der Waals surface area contributed by atoms with Crippen LogP contribution in [0.15, 0.2) is 30.5 Å². The summed E-state index contributed by atoms with van der Waals surface area (Å²) in [5, 5.41) is 14.9. The van der Waals surface area contributed by atoms with Crippen LogP contribution in [0.5, 0.6) is 0 Å². The number of carbonyl (C=O) groups is 1. The molecule has 0 unspecified atom stereocenters. The molecule has 0 spiro atoms. The Balaban J connectivity index is 0.000000330. The highest BCUT2D eigenvalue weighted by Crippen LogP contribution is 2.40. The highest BCUT2D eigenvalue weighted by molar-refractivity contribution is 8.00. The van der Waals surface area contributed by atoms with Crippen LogP contribution in [0.4, 0.5) is 10.1 Å². The molecule has 3 N–H and O–H groups in total. The third kappa shape index (κ3) is 5.92. The summed E-state index contributed by atoms with van der Waals surface area (Å²) in [6.07, 6.45) is 4.35. The van der Waals surface area contributed by atoms with Gasteiger partial charge in [0.15, 0.2) is 6.29 Å². The number of carbonyl (C=O) groups excluding carboxylic acids is 1. The van der Waals surface area contributed by atoms with E-state index >= 15 is 0 Å². The van der Waals surface area contributed by atoms with Crippen LogP contribution >= 0.6 is 11.8 Å². The Kier molecular flexibility index (Phi) is 7.49. The van der Waals surface area contributed by atoms with E-state index in [2.05, 4.69) is 22.5 Å². The van der Waals surface area contributed by atoms with Gasteiger partial charge in [-0.25, -0.2) is 4.39 Å². The van der Waals surface area contributed by atoms with Gasteiger partial charge in [0.2, 0.25) is 0 Å². The van der Waals surface area contributed by atoms with Gasteiger partial charge in [-0.15, -0.1) is 0 Å². The van der Waals surface area contributed by atoms with Crippen molar-refractivity contribution in [2.45, 2.75) is 51.1 Å². The molecule has 2 aliphatic rings. The molecule has 4 rings (SSSR count). The number of hydrogen-bond acceptors (Lipinski definition) is 6. The van der Waals surface area contributed by atoms with E-state index in [1.54, 1.807) is 18.2 Å². The first-order chi connectivity index (χ1) is 14.8. The Bertz CT molecular complexity index is 949. The van der Waals surface area contributed by atoms with Crippen LogP contribution in [0.2, 0.25) is 0 Å². The number of thioether (sulfide) groups is 1. The molecule has 0 radical (unpaired) electrons. The summed E-state index contributed by atoms with van der Waals surface area (Å²) in [4.78, 5) is 15.2. The maximum atomic E-state index is 14.3. The molecule has 2 fully saturated rings. The van der Waals surface area contributed by atoms with Crippen molar-refractivity contribution in [1.82, 2.24) is 10.3 Å². The fourth-order valence-corrected chi connectivity index (χ4v) is 4.36. The molecule has 0 amide bonds. The molecule has 1 aliphatic carbocycles. The number of anilines is 1. The van der Waals surface area contributed by atoms with Gasteiger partial charge in [-0.05, 0) is 70.3 Å². The van der Waals surface area contributed by atoms with Gasteiger partial charge in [0.1, 0.15) is 11.5 Å². The fraction of sp³-hybridized carbons (Fsp3) is 0.458. The normalized spacial score (nSPS) is 16.7. The number of hydrogen-bond donors (Lipinski definition) is 3. The van der Waals surface area contributed by atoms with E-state index in [0.717, 1.165) is 18.4 Å². The molecule has 1 aliphatic heterocycles. The number of nitrogens with zero attached hydrogens (tertiary/aromatic N) is 1. The van der Waals surface area contributed by atoms with Gasteiger partial charge in [-0.2, -0.15) is 11.8 Å². The molecule has 0 atom stereocenters. The topological polar surface area (TPSA) is 77.9 Å². The van der Waals surface area contributed by atoms with E-state index < -0.39 is 5.82 Å². The molecule has 7 heteroatoms. The lowest BCUT2D eigenvalue weighted by molar-refractivity contribution is 0.112. The van der Waals surface area contributed by atoms with Crippen LogP contribution in [0.1, 0.15) is 66.7 Å². The molecular weight excluding hydrogens is 411 g/mol. The Morgan fingerprint density at radius 2 is 2.03 bits per heavy atom. The monoisotopic (exact) mass is 442 g/mol. The van der Waals surface area contributed by atoms with E-state index in [0.29, 0.717) is 34.7 Å². The fourth-order valence-electron chi connectivity index (χ4n) is 3.25. The van der Waals surface area contributed by atoms with Crippen LogP contribution in [0.3, 0.4) is 0 Å². The second-order valence-electron chi connectivity index (χ2n) is 8.77. The van der Waals surface area contributed by atoms with Crippen molar-refractivity contribution in [1.29, 1.82) is 5.41 Å². The Morgan fingerprint density at radius 1 is 1.32 bits per heavy atom. The van der Waals surface area contributed by atoms with Crippen LogP contribution in [0, 0.1) is 11.2 Å². The van der Waals surface area contributed by atoms with E-state index in [4.69, 9.17) is 5.41 Å². The Morgan fingerprint density at radius 3 is 2.52 bits per heavy atom. The van der Waals surface area contributed by atoms with Gasteiger partial charge >= 0.3 is 0 Å². The maximum absolute atomic E-state index is 14.3. The van der Waals surface area contributed by atoms with E-state index in [1.165, 1.54) is 23.8 Å². The highest BCUT2D eigenvalue weighted by Gasteiger charge is 2.30. The first kappa shape index (κ1) is 23.4. The van der Waals surface area contributed by atoms with Crippen LogP contribution in [-0.2, 0) is 0 Å². The first-order valence-electron chi connectivity index (χ1n) is 10.6. The zero-order valence-electron chi connectivity index (χ0n) is 18.6. The zero-order valence-corrected chi connectivity index (χ0v) is 19.4. The van der Waals surface area contributed by atoms with Gasteiger partial charge in [0.25, 0.3) is 0 Å². The number of aldehydes is 1. The highest BCUT2D eigenvalue weighted by atomic mass is 32.2. The van der Waals surface area contributed by atoms with Crippen molar-refractivity contribution in [2.75, 3.05) is 23.9 Å². The summed E-state index contributed by atoms with van der Waals surface area (Å²) in [5.41, 5.74) is 3.15. The molecule has 0 bridgehead atoms. The third-order valence-electron chi connectivity index (χ3n) is 5.48. The molecule has 1 saturated heterocycles. The molecule has 166 valence electrons. The average molecular weight is 443 g/mol. The largest absolute Gasteiger partial charge is 0.381 e. The second kappa shape index (κ2) is 9.92. The van der Waals surface area contributed by atoms with Gasteiger partial charge in [-0.1, -0.05) is 6.07 Å². The molecule has 1 aromatic carbocycles. The van der Waals surface area contributed by atoms with Gasteiger partial charge in [-0.3, -0.25) is 15.2 Å². The summed E-state index contributed by atoms with van der Waals surface area (Å²) in [6, 6.07) is 6.71. The van der Waals surface area contributed by atoms with Crippen molar-refractivity contribution >= 4 is 29.4 Å². The van der Waals surface area contributed by atoms with E-state index in [-0.39, 0.29) is 17.3 Å². The van der Waals surface area contributed by atoms with Crippen molar-refractivity contribution in [3.63, 3.8) is 0 Å². The minimum atomic E-state index is -0.429. The lowest BCUT2D eigenvalue weighted by Gasteiger charge is -2.37. The Hall–Kier alpha value is -2.25. The molecular formula is C24H31FN4OS. The Labute approximate surface area is 188 Å². The minimum absolute atomic E-state index is 0.0237. The quantitative estimate of drug-likeness (QED) is 0.422. The molecule has 1 aromatic heterocycles. The summed E-state index contributed by atoms with van der Waals surface area (Å²) >= 11 is 2.01. The number of rotatable bonds is 7. The predicted molar refractivity (Wildman–Crippen MR) is 127 cm³/mol. The number of nitrogens with one attached hydrogen (secondary N) is 3. The molecule has 31 heavy (non-hydrogen) atoms. The van der Waals surface area contributed by atoms with Gasteiger partial charge in [0, 0.05) is 40.4 Å². The maximum Gasteiger partial charge on any atom is 0.151 e. The number of halogens is 1. The summed E-state index contributed by atoms with van der Waals surface area (Å²) in [7, 11) is 2.03. The molecule has 5 nitrogen and oxygen atoms in total. The first-order valence-corrected chi connectivity index (χ1v) is 11.8. The second-order valence-corrected chi connectivity index (χ2v) is 9.76. The van der Waals surface area contributed by atoms with Crippen molar-refractivity contribution in [2.24, 2.45) is 0 Å². The summed E-state index contributed by atoms with van der Waals surface area (Å²) < 4.78 is 14.3. The number of benzene rings is 1. The standard InChI is InChI=1S/C19H20FN3O.C5H11NS/c1-11(2)23-17-7-12(10-24)9-22-19(17)18(21)15-8-14(13-3-4-13)5-6-16(15)20;1-5(6-2)3-7-4-5/h5-11,13,21,23H,3-4H2,1-2H3;6H,3-4H2,1-2H3.